The van der Waals surface area contributed by atoms with Crippen molar-refractivity contribution in [3.8, 4) is 17.2 Å². The van der Waals surface area contributed by atoms with E-state index in [1.807, 2.05) is 116 Å². The molecule has 0 atom stereocenters. The van der Waals surface area contributed by atoms with E-state index in [1.165, 1.54) is 0 Å². The van der Waals surface area contributed by atoms with Crippen molar-refractivity contribution in [1.29, 1.82) is 0 Å². The summed E-state index contributed by atoms with van der Waals surface area (Å²) in [6.45, 7) is 4.43. The minimum Gasteiger partial charge on any atom is -0.497 e. The Morgan fingerprint density at radius 1 is 0.893 bits per heavy atom. The molecule has 4 aromatic carbocycles. The van der Waals surface area contributed by atoms with E-state index in [4.69, 9.17) is 23.9 Å². The second-order valence-electron chi connectivity index (χ2n) is 13.4. The lowest BCUT2D eigenvalue weighted by molar-refractivity contribution is 0.147. The second kappa shape index (κ2) is 16.8. The van der Waals surface area contributed by atoms with Crippen LogP contribution in [0.1, 0.15) is 16.7 Å². The van der Waals surface area contributed by atoms with Gasteiger partial charge in [0.15, 0.2) is 5.65 Å². The molecule has 13 nitrogen and oxygen atoms in total. The number of aryl methyl sites for hydroxylation is 1. The number of nitrogens with one attached hydrogen (secondary N) is 1. The van der Waals surface area contributed by atoms with Gasteiger partial charge in [-0.25, -0.2) is 9.78 Å². The van der Waals surface area contributed by atoms with Crippen molar-refractivity contribution in [3.63, 3.8) is 0 Å². The minimum atomic E-state index is -0.448. The molecule has 0 unspecified atom stereocenters. The van der Waals surface area contributed by atoms with Crippen molar-refractivity contribution in [3.05, 3.63) is 130 Å². The minimum absolute atomic E-state index is 0.155. The first-order valence-electron chi connectivity index (χ1n) is 18.3. The number of carbonyl (C=O) groups is 1. The van der Waals surface area contributed by atoms with E-state index < -0.39 is 6.09 Å². The van der Waals surface area contributed by atoms with E-state index in [0.29, 0.717) is 78.3 Å². The van der Waals surface area contributed by atoms with Crippen LogP contribution >= 0.6 is 0 Å². The smallest absolute Gasteiger partial charge is 0.414 e. The zero-order valence-corrected chi connectivity index (χ0v) is 32.2. The first-order chi connectivity index (χ1) is 27.3. The molecule has 0 aliphatic carbocycles. The predicted octanol–water partition coefficient (Wildman–Crippen LogP) is 7.10. The third-order valence-corrected chi connectivity index (χ3v) is 9.87. The standard InChI is InChI=1S/C43H45N7O6/c1-29-10-9-13-36-39(29)49(43(52)56-28-30-11-7-6-8-12-30)21-20-48(36)37-24-32-27-45-42(44-26-31-14-19-35(54-4)25-38(31)55-5)46-40(32)50(41(37)51)34-17-15-33(16-18-34)47(2)22-23-53-3/h6-19,24-25,27H,20-23,26,28H2,1-5H3,(H,44,45,46). The van der Waals surface area contributed by atoms with Gasteiger partial charge in [0.25, 0.3) is 5.56 Å². The molecule has 6 aromatic rings. The van der Waals surface area contributed by atoms with Crippen molar-refractivity contribution in [2.75, 3.05) is 74.6 Å². The topological polar surface area (TPSA) is 124 Å². The molecule has 1 aliphatic heterocycles. The van der Waals surface area contributed by atoms with Crippen LogP contribution in [0.3, 0.4) is 0 Å². The van der Waals surface area contributed by atoms with Gasteiger partial charge in [0, 0.05) is 69.2 Å². The van der Waals surface area contributed by atoms with Gasteiger partial charge in [0.05, 0.1) is 37.9 Å². The maximum absolute atomic E-state index is 14.9. The van der Waals surface area contributed by atoms with Gasteiger partial charge in [0.2, 0.25) is 5.95 Å². The highest BCUT2D eigenvalue weighted by molar-refractivity contribution is 5.97. The van der Waals surface area contributed by atoms with E-state index in [1.54, 1.807) is 37.0 Å². The Morgan fingerprint density at radius 3 is 2.45 bits per heavy atom. The van der Waals surface area contributed by atoms with Crippen LogP contribution in [0.5, 0.6) is 11.5 Å². The third-order valence-electron chi connectivity index (χ3n) is 9.87. The first kappa shape index (κ1) is 37.7. The molecule has 0 spiro atoms. The van der Waals surface area contributed by atoms with Crippen LogP contribution < -0.4 is 35.0 Å². The van der Waals surface area contributed by atoms with Crippen molar-refractivity contribution >= 4 is 45.8 Å². The monoisotopic (exact) mass is 755 g/mol. The summed E-state index contributed by atoms with van der Waals surface area (Å²) < 4.78 is 23.6. The van der Waals surface area contributed by atoms with Crippen molar-refractivity contribution < 1.29 is 23.7 Å². The number of carbonyl (C=O) groups excluding carboxylic acids is 1. The largest absolute Gasteiger partial charge is 0.497 e. The average molecular weight is 756 g/mol. The number of hydrogen-bond donors (Lipinski definition) is 1. The number of aromatic nitrogens is 3. The zero-order valence-electron chi connectivity index (χ0n) is 32.2. The second-order valence-corrected chi connectivity index (χ2v) is 13.4. The molecule has 0 radical (unpaired) electrons. The Morgan fingerprint density at radius 2 is 1.70 bits per heavy atom. The molecular weight excluding hydrogens is 711 g/mol. The highest BCUT2D eigenvalue weighted by Gasteiger charge is 2.32. The Balaban J connectivity index is 1.28. The van der Waals surface area contributed by atoms with Crippen molar-refractivity contribution in [2.24, 2.45) is 0 Å². The van der Waals surface area contributed by atoms with E-state index in [0.717, 1.165) is 28.1 Å². The lowest BCUT2D eigenvalue weighted by Gasteiger charge is -2.38. The van der Waals surface area contributed by atoms with Crippen LogP contribution in [0.15, 0.2) is 108 Å². The molecule has 0 saturated heterocycles. The quantitative estimate of drug-likeness (QED) is 0.130. The van der Waals surface area contributed by atoms with Gasteiger partial charge < -0.3 is 34.1 Å². The lowest BCUT2D eigenvalue weighted by Crippen LogP contribution is -2.44. The molecule has 1 amide bonds. The number of para-hydroxylation sites is 1. The molecule has 0 saturated carbocycles. The summed E-state index contributed by atoms with van der Waals surface area (Å²) in [6, 6.07) is 30.6. The van der Waals surface area contributed by atoms with Gasteiger partial charge in [-0.2, -0.15) is 4.98 Å². The molecule has 3 heterocycles. The number of fused-ring (bicyclic) bond motifs is 2. The number of nitrogens with zero attached hydrogens (tertiary/aromatic N) is 6. The van der Waals surface area contributed by atoms with Crippen LogP contribution in [0, 0.1) is 6.92 Å². The lowest BCUT2D eigenvalue weighted by atomic mass is 10.1. The number of likely N-dealkylation sites (N-methyl/N-ethyl adjacent to an activating group) is 1. The predicted molar refractivity (Wildman–Crippen MR) is 219 cm³/mol. The number of amides is 1. The first-order valence-corrected chi connectivity index (χ1v) is 18.3. The number of anilines is 5. The molecule has 13 heteroatoms. The normalized spacial score (nSPS) is 12.3. The highest BCUT2D eigenvalue weighted by Crippen LogP contribution is 2.40. The maximum Gasteiger partial charge on any atom is 0.414 e. The van der Waals surface area contributed by atoms with E-state index in [9.17, 15) is 9.59 Å². The summed E-state index contributed by atoms with van der Waals surface area (Å²) >= 11 is 0. The summed E-state index contributed by atoms with van der Waals surface area (Å²) in [5, 5.41) is 3.96. The molecule has 2 aromatic heterocycles. The SMILES string of the molecule is COCCN(C)c1ccc(-n2c(=O)c(N3CCN(C(=O)OCc4ccccc4)c4c(C)cccc43)cc3cnc(NCc4ccc(OC)cc4OC)nc32)cc1. The van der Waals surface area contributed by atoms with Crippen LogP contribution in [0.2, 0.25) is 0 Å². The number of rotatable bonds is 13. The summed E-state index contributed by atoms with van der Waals surface area (Å²) in [5.74, 6) is 1.69. The summed E-state index contributed by atoms with van der Waals surface area (Å²) in [5.41, 5.74) is 6.28. The number of benzene rings is 4. The molecule has 0 fully saturated rings. The van der Waals surface area contributed by atoms with Crippen LogP contribution in [0.25, 0.3) is 16.7 Å². The van der Waals surface area contributed by atoms with E-state index in [-0.39, 0.29) is 12.2 Å². The van der Waals surface area contributed by atoms with Gasteiger partial charge >= 0.3 is 6.09 Å². The van der Waals surface area contributed by atoms with Gasteiger partial charge in [-0.1, -0.05) is 42.5 Å². The molecular formula is C43H45N7O6. The molecule has 0 bridgehead atoms. The van der Waals surface area contributed by atoms with Crippen molar-refractivity contribution in [2.45, 2.75) is 20.1 Å². The van der Waals surface area contributed by atoms with Gasteiger partial charge in [-0.05, 0) is 66.6 Å². The van der Waals surface area contributed by atoms with Crippen LogP contribution in [-0.4, -0.2) is 75.2 Å². The molecule has 288 valence electrons. The van der Waals surface area contributed by atoms with Gasteiger partial charge in [0.1, 0.15) is 23.8 Å². The number of ether oxygens (including phenoxy) is 4. The fourth-order valence-corrected chi connectivity index (χ4v) is 6.86. The Bertz CT molecular complexity index is 2390. The summed E-state index contributed by atoms with van der Waals surface area (Å²) in [7, 11) is 6.89. The Kier molecular flexibility index (Phi) is 11.3. The van der Waals surface area contributed by atoms with Gasteiger partial charge in [-0.3, -0.25) is 14.3 Å². The zero-order chi connectivity index (χ0) is 39.2. The fraction of sp³-hybridized carbons (Fsp3) is 0.256. The summed E-state index contributed by atoms with van der Waals surface area (Å²) in [4.78, 5) is 43.8. The molecule has 7 rings (SSSR count). The molecule has 1 aliphatic rings. The fourth-order valence-electron chi connectivity index (χ4n) is 6.86. The van der Waals surface area contributed by atoms with Crippen LogP contribution in [-0.2, 0) is 22.6 Å². The molecule has 56 heavy (non-hydrogen) atoms. The Labute approximate surface area is 325 Å². The van der Waals surface area contributed by atoms with Crippen molar-refractivity contribution in [1.82, 2.24) is 14.5 Å². The summed E-state index contributed by atoms with van der Waals surface area (Å²) in [6.07, 6.45) is 1.27. The Hall–Kier alpha value is -6.60. The van der Waals surface area contributed by atoms with E-state index in [2.05, 4.69) is 15.2 Å². The van der Waals surface area contributed by atoms with Crippen LogP contribution in [0.4, 0.5) is 33.5 Å². The van der Waals surface area contributed by atoms with Gasteiger partial charge in [-0.15, -0.1) is 0 Å². The average Bonchev–Trinajstić information content (AvgIpc) is 3.24. The maximum atomic E-state index is 14.9. The number of methoxy groups -OCH3 is 3. The number of pyridine rings is 1. The number of hydrogen-bond acceptors (Lipinski definition) is 11. The highest BCUT2D eigenvalue weighted by atomic mass is 16.6. The van der Waals surface area contributed by atoms with E-state index >= 15 is 0 Å². The third kappa shape index (κ3) is 7.80. The molecule has 1 N–H and O–H groups in total.